The first-order valence-corrected chi connectivity index (χ1v) is 7.13. The third-order valence-electron chi connectivity index (χ3n) is 3.61. The number of unbranched alkanes of at least 4 members (excludes halogenated alkanes) is 1. The van der Waals surface area contributed by atoms with Crippen molar-refractivity contribution in [2.45, 2.75) is 64.8 Å². The average Bonchev–Trinajstić information content (AvgIpc) is 2.32. The highest BCUT2D eigenvalue weighted by atomic mass is 15.2. The van der Waals surface area contributed by atoms with Crippen LogP contribution < -0.4 is 5.32 Å². The van der Waals surface area contributed by atoms with E-state index in [0.717, 1.165) is 5.70 Å². The lowest BCUT2D eigenvalue weighted by Gasteiger charge is -2.32. The summed E-state index contributed by atoms with van der Waals surface area (Å²) < 4.78 is 0. The molecule has 0 aliphatic heterocycles. The Labute approximate surface area is 109 Å². The molecule has 0 aromatic carbocycles. The SMILES string of the molecule is C=C(NC)C(CCCCBCC)N(C)C(C)C. The molecule has 0 radical (unpaired) electrons. The molecule has 0 fully saturated rings. The summed E-state index contributed by atoms with van der Waals surface area (Å²) in [5.74, 6) is 0. The van der Waals surface area contributed by atoms with Gasteiger partial charge in [0.2, 0.25) is 0 Å². The van der Waals surface area contributed by atoms with Crippen LogP contribution in [-0.2, 0) is 0 Å². The highest BCUT2D eigenvalue weighted by molar-refractivity contribution is 6.35. The molecule has 1 N–H and O–H groups in total. The first-order valence-electron chi connectivity index (χ1n) is 7.13. The van der Waals surface area contributed by atoms with E-state index in [0.29, 0.717) is 12.1 Å². The summed E-state index contributed by atoms with van der Waals surface area (Å²) in [6.07, 6.45) is 6.58. The van der Waals surface area contributed by atoms with E-state index in [1.807, 2.05) is 7.05 Å². The van der Waals surface area contributed by atoms with E-state index in [2.05, 4.69) is 44.6 Å². The second kappa shape index (κ2) is 9.58. The Bertz CT molecular complexity index is 204. The van der Waals surface area contributed by atoms with Crippen LogP contribution in [0.25, 0.3) is 0 Å². The van der Waals surface area contributed by atoms with Gasteiger partial charge in [-0.25, -0.2) is 0 Å². The molecule has 100 valence electrons. The first-order chi connectivity index (χ1) is 8.04. The van der Waals surface area contributed by atoms with Crippen LogP contribution >= 0.6 is 0 Å². The van der Waals surface area contributed by atoms with Gasteiger partial charge in [-0.2, -0.15) is 0 Å². The van der Waals surface area contributed by atoms with Crippen molar-refractivity contribution in [3.63, 3.8) is 0 Å². The minimum Gasteiger partial charge on any atom is -0.391 e. The highest BCUT2D eigenvalue weighted by Gasteiger charge is 2.18. The molecule has 0 aromatic rings. The largest absolute Gasteiger partial charge is 0.391 e. The van der Waals surface area contributed by atoms with E-state index in [1.54, 1.807) is 0 Å². The lowest BCUT2D eigenvalue weighted by Crippen LogP contribution is -2.41. The summed E-state index contributed by atoms with van der Waals surface area (Å²) >= 11 is 0. The van der Waals surface area contributed by atoms with Crippen molar-refractivity contribution in [2.75, 3.05) is 14.1 Å². The summed E-state index contributed by atoms with van der Waals surface area (Å²) in [6.45, 7) is 10.9. The molecule has 0 spiro atoms. The van der Waals surface area contributed by atoms with Crippen LogP contribution in [0, 0.1) is 0 Å². The summed E-state index contributed by atoms with van der Waals surface area (Å²) in [6, 6.07) is 1.04. The fourth-order valence-corrected chi connectivity index (χ4v) is 2.09. The lowest BCUT2D eigenvalue weighted by atomic mass is 9.70. The number of rotatable bonds is 10. The molecule has 0 saturated heterocycles. The van der Waals surface area contributed by atoms with Crippen LogP contribution in [-0.4, -0.2) is 38.4 Å². The van der Waals surface area contributed by atoms with Crippen molar-refractivity contribution in [1.82, 2.24) is 10.2 Å². The van der Waals surface area contributed by atoms with Crippen LogP contribution in [0.2, 0.25) is 12.6 Å². The standard InChI is InChI=1S/C14H31BN2/c1-7-15-11-9-8-10-14(13(4)16-5)17(6)12(2)3/h12,14-16H,4,7-11H2,1-3,5-6H3. The fraction of sp³-hybridized carbons (Fsp3) is 0.857. The van der Waals surface area contributed by atoms with E-state index in [1.165, 1.54) is 39.2 Å². The third-order valence-corrected chi connectivity index (χ3v) is 3.61. The molecule has 0 aliphatic rings. The van der Waals surface area contributed by atoms with Crippen LogP contribution in [0.4, 0.5) is 0 Å². The van der Waals surface area contributed by atoms with Crippen LogP contribution in [0.5, 0.6) is 0 Å². The molecular formula is C14H31BN2. The number of hydrogen-bond acceptors (Lipinski definition) is 2. The summed E-state index contributed by atoms with van der Waals surface area (Å²) in [5.41, 5.74) is 1.15. The maximum atomic E-state index is 4.14. The van der Waals surface area contributed by atoms with Crippen molar-refractivity contribution in [3.05, 3.63) is 12.3 Å². The van der Waals surface area contributed by atoms with Gasteiger partial charge in [-0.1, -0.05) is 39.0 Å². The molecular weight excluding hydrogens is 207 g/mol. The Morgan fingerprint density at radius 2 is 2.00 bits per heavy atom. The van der Waals surface area contributed by atoms with Crippen LogP contribution in [0.1, 0.15) is 40.0 Å². The summed E-state index contributed by atoms with van der Waals surface area (Å²) in [7, 11) is 5.54. The second-order valence-electron chi connectivity index (χ2n) is 5.25. The quantitative estimate of drug-likeness (QED) is 0.465. The van der Waals surface area contributed by atoms with Gasteiger partial charge in [-0.05, 0) is 27.3 Å². The Balaban J connectivity index is 4.07. The van der Waals surface area contributed by atoms with E-state index >= 15 is 0 Å². The molecule has 0 saturated carbocycles. The fourth-order valence-electron chi connectivity index (χ4n) is 2.09. The molecule has 0 bridgehead atoms. The topological polar surface area (TPSA) is 15.3 Å². The molecule has 0 aliphatic carbocycles. The predicted octanol–water partition coefficient (Wildman–Crippen LogP) is 2.89. The second-order valence-corrected chi connectivity index (χ2v) is 5.25. The van der Waals surface area contributed by atoms with E-state index in [9.17, 15) is 0 Å². The van der Waals surface area contributed by atoms with Gasteiger partial charge in [0.25, 0.3) is 0 Å². The molecule has 0 aromatic heterocycles. The van der Waals surface area contributed by atoms with E-state index < -0.39 is 0 Å². The zero-order chi connectivity index (χ0) is 13.3. The van der Waals surface area contributed by atoms with Crippen LogP contribution in [0.3, 0.4) is 0 Å². The van der Waals surface area contributed by atoms with Gasteiger partial charge in [0.05, 0.1) is 0 Å². The molecule has 0 amide bonds. The molecule has 3 heteroatoms. The zero-order valence-corrected chi connectivity index (χ0v) is 12.6. The van der Waals surface area contributed by atoms with Gasteiger partial charge < -0.3 is 5.32 Å². The molecule has 1 unspecified atom stereocenters. The summed E-state index contributed by atoms with van der Waals surface area (Å²) in [5, 5.41) is 3.22. The minimum absolute atomic E-state index is 0.474. The van der Waals surface area contributed by atoms with Crippen molar-refractivity contribution < 1.29 is 0 Å². The number of nitrogens with zero attached hydrogens (tertiary/aromatic N) is 1. The Morgan fingerprint density at radius 3 is 2.47 bits per heavy atom. The smallest absolute Gasteiger partial charge is 0.120 e. The highest BCUT2D eigenvalue weighted by Crippen LogP contribution is 2.16. The average molecular weight is 238 g/mol. The molecule has 2 nitrogen and oxygen atoms in total. The van der Waals surface area contributed by atoms with Crippen molar-refractivity contribution in [1.29, 1.82) is 0 Å². The monoisotopic (exact) mass is 238 g/mol. The first kappa shape index (κ1) is 16.6. The van der Waals surface area contributed by atoms with Gasteiger partial charge in [0.15, 0.2) is 0 Å². The maximum Gasteiger partial charge on any atom is 0.120 e. The number of hydrogen-bond donors (Lipinski definition) is 1. The number of nitrogens with one attached hydrogen (secondary N) is 1. The van der Waals surface area contributed by atoms with E-state index in [-0.39, 0.29) is 0 Å². The minimum atomic E-state index is 0.474. The van der Waals surface area contributed by atoms with Crippen molar-refractivity contribution >= 4 is 7.28 Å². The lowest BCUT2D eigenvalue weighted by molar-refractivity contribution is 0.203. The predicted molar refractivity (Wildman–Crippen MR) is 81.2 cm³/mol. The third kappa shape index (κ3) is 6.77. The van der Waals surface area contributed by atoms with Gasteiger partial charge >= 0.3 is 0 Å². The maximum absolute atomic E-state index is 4.14. The molecule has 1 atom stereocenters. The van der Waals surface area contributed by atoms with Crippen LogP contribution in [0.15, 0.2) is 12.3 Å². The van der Waals surface area contributed by atoms with Gasteiger partial charge in [-0.3, -0.25) is 4.90 Å². The molecule has 17 heavy (non-hydrogen) atoms. The van der Waals surface area contributed by atoms with Crippen molar-refractivity contribution in [2.24, 2.45) is 0 Å². The molecule has 0 heterocycles. The van der Waals surface area contributed by atoms with Crippen molar-refractivity contribution in [3.8, 4) is 0 Å². The zero-order valence-electron chi connectivity index (χ0n) is 12.6. The summed E-state index contributed by atoms with van der Waals surface area (Å²) in [4.78, 5) is 2.42. The molecule has 0 rings (SSSR count). The Kier molecular flexibility index (Phi) is 9.34. The van der Waals surface area contributed by atoms with Gasteiger partial charge in [0, 0.05) is 24.8 Å². The normalized spacial score (nSPS) is 12.9. The number of likely N-dealkylation sites (N-methyl/N-ethyl adjacent to an activating group) is 2. The Hall–Kier alpha value is -0.435. The van der Waals surface area contributed by atoms with Gasteiger partial charge in [0.1, 0.15) is 7.28 Å². The Morgan fingerprint density at radius 1 is 1.35 bits per heavy atom. The van der Waals surface area contributed by atoms with E-state index in [4.69, 9.17) is 0 Å². The van der Waals surface area contributed by atoms with Gasteiger partial charge in [-0.15, -0.1) is 0 Å².